The van der Waals surface area contributed by atoms with Crippen molar-refractivity contribution in [1.29, 1.82) is 0 Å². The molecular formula is C27H37NO2S. The minimum atomic E-state index is -1.02. The fourth-order valence-corrected chi connectivity index (χ4v) is 6.66. The molecule has 1 aliphatic heterocycles. The zero-order chi connectivity index (χ0) is 23.1. The van der Waals surface area contributed by atoms with Crippen LogP contribution >= 0.6 is 0 Å². The molecule has 3 rings (SSSR count). The van der Waals surface area contributed by atoms with Gasteiger partial charge in [0.15, 0.2) is 4.90 Å². The Morgan fingerprint density at radius 3 is 2.29 bits per heavy atom. The quantitative estimate of drug-likeness (QED) is 0.532. The second-order valence-electron chi connectivity index (χ2n) is 10.4. The predicted octanol–water partition coefficient (Wildman–Crippen LogP) is 6.62. The summed E-state index contributed by atoms with van der Waals surface area (Å²) in [5.41, 5.74) is 7.77. The molecule has 0 saturated carbocycles. The largest absolute Gasteiger partial charge is 0.611 e. The molecule has 0 aromatic heterocycles. The molecule has 4 heteroatoms. The van der Waals surface area contributed by atoms with Crippen LogP contribution in [-0.4, -0.2) is 16.2 Å². The van der Waals surface area contributed by atoms with Crippen molar-refractivity contribution in [2.75, 3.05) is 11.1 Å². The number of carbonyl (C=O) groups excluding carboxylic acids is 1. The van der Waals surface area contributed by atoms with Crippen molar-refractivity contribution < 1.29 is 9.35 Å². The van der Waals surface area contributed by atoms with Gasteiger partial charge in [-0.3, -0.25) is 4.79 Å². The molecule has 1 heterocycles. The summed E-state index contributed by atoms with van der Waals surface area (Å²) in [5, 5.41) is 3.21. The van der Waals surface area contributed by atoms with E-state index < -0.39 is 11.2 Å². The van der Waals surface area contributed by atoms with E-state index in [1.807, 2.05) is 0 Å². The van der Waals surface area contributed by atoms with E-state index in [4.69, 9.17) is 0 Å². The zero-order valence-electron chi connectivity index (χ0n) is 20.3. The van der Waals surface area contributed by atoms with Crippen LogP contribution in [0.1, 0.15) is 93.2 Å². The van der Waals surface area contributed by atoms with Gasteiger partial charge in [0.25, 0.3) is 0 Å². The first-order valence-corrected chi connectivity index (χ1v) is 12.7. The van der Waals surface area contributed by atoms with Gasteiger partial charge < -0.3 is 9.87 Å². The van der Waals surface area contributed by atoms with Gasteiger partial charge in [-0.25, -0.2) is 0 Å². The molecule has 0 fully saturated rings. The van der Waals surface area contributed by atoms with E-state index in [1.54, 1.807) is 0 Å². The number of rotatable bonds is 5. The van der Waals surface area contributed by atoms with Crippen molar-refractivity contribution in [2.24, 2.45) is 5.41 Å². The Hall–Kier alpha value is -1.78. The van der Waals surface area contributed by atoms with Crippen LogP contribution in [0.2, 0.25) is 0 Å². The van der Waals surface area contributed by atoms with E-state index >= 15 is 0 Å². The first-order chi connectivity index (χ1) is 14.4. The third-order valence-corrected chi connectivity index (χ3v) is 7.89. The number of fused-ring (bicyclic) bond motifs is 1. The van der Waals surface area contributed by atoms with E-state index in [1.165, 1.54) is 11.1 Å². The molecule has 2 atom stereocenters. The molecule has 0 radical (unpaired) electrons. The highest BCUT2D eigenvalue weighted by atomic mass is 32.2. The lowest BCUT2D eigenvalue weighted by Gasteiger charge is -2.22. The lowest BCUT2D eigenvalue weighted by Crippen LogP contribution is -2.21. The topological polar surface area (TPSA) is 52.2 Å². The highest BCUT2D eigenvalue weighted by Crippen LogP contribution is 2.47. The van der Waals surface area contributed by atoms with Crippen molar-refractivity contribution >= 4 is 22.8 Å². The highest BCUT2D eigenvalue weighted by Gasteiger charge is 2.40. The molecule has 2 aromatic rings. The van der Waals surface area contributed by atoms with Crippen LogP contribution < -0.4 is 5.32 Å². The number of benzene rings is 2. The second kappa shape index (κ2) is 8.99. The molecule has 2 aromatic carbocycles. The monoisotopic (exact) mass is 439 g/mol. The molecule has 0 spiro atoms. The average Bonchev–Trinajstić information content (AvgIpc) is 3.01. The Bertz CT molecular complexity index is 970. The van der Waals surface area contributed by atoms with Gasteiger partial charge in [-0.15, -0.1) is 0 Å². The summed E-state index contributed by atoms with van der Waals surface area (Å²) >= 11 is -1.02. The highest BCUT2D eigenvalue weighted by molar-refractivity contribution is 7.91. The van der Waals surface area contributed by atoms with Gasteiger partial charge in [-0.05, 0) is 65.0 Å². The smallest absolute Gasteiger partial charge is 0.224 e. The van der Waals surface area contributed by atoms with Crippen molar-refractivity contribution in [3.8, 4) is 0 Å². The summed E-state index contributed by atoms with van der Waals surface area (Å²) in [4.78, 5) is 13.8. The minimum absolute atomic E-state index is 0.0395. The molecule has 1 N–H and O–H groups in total. The maximum atomic E-state index is 13.3. The van der Waals surface area contributed by atoms with Crippen LogP contribution in [-0.2, 0) is 22.4 Å². The fraction of sp³-hybridized carbons (Fsp3) is 0.519. The molecule has 1 aliphatic rings. The maximum Gasteiger partial charge on any atom is 0.224 e. The van der Waals surface area contributed by atoms with Gasteiger partial charge in [0.2, 0.25) is 5.91 Å². The van der Waals surface area contributed by atoms with Crippen LogP contribution in [0.5, 0.6) is 0 Å². The Balaban J connectivity index is 2.10. The molecule has 0 aliphatic carbocycles. The lowest BCUT2D eigenvalue weighted by atomic mass is 9.85. The van der Waals surface area contributed by atoms with Crippen LogP contribution in [0.3, 0.4) is 0 Å². The average molecular weight is 440 g/mol. The Morgan fingerprint density at radius 2 is 1.77 bits per heavy atom. The Labute approximate surface area is 191 Å². The van der Waals surface area contributed by atoms with Crippen LogP contribution in [0.25, 0.3) is 0 Å². The first kappa shape index (κ1) is 23.9. The van der Waals surface area contributed by atoms with Gasteiger partial charge in [0.05, 0.1) is 5.92 Å². The van der Waals surface area contributed by atoms with Gasteiger partial charge in [-0.1, -0.05) is 65.8 Å². The van der Waals surface area contributed by atoms with Crippen molar-refractivity contribution in [1.82, 2.24) is 0 Å². The molecule has 3 nitrogen and oxygen atoms in total. The van der Waals surface area contributed by atoms with E-state index in [2.05, 4.69) is 85.0 Å². The van der Waals surface area contributed by atoms with Crippen LogP contribution in [0.15, 0.2) is 29.2 Å². The Kier molecular flexibility index (Phi) is 6.93. The van der Waals surface area contributed by atoms with Crippen molar-refractivity contribution in [2.45, 2.75) is 85.0 Å². The van der Waals surface area contributed by atoms with Crippen LogP contribution in [0, 0.1) is 19.3 Å². The zero-order valence-corrected chi connectivity index (χ0v) is 21.1. The molecule has 1 amide bonds. The SMILES string of the molecule is CCc1c(C)c(NC(=O)CC(C)(C)C)c(C)c2c1[S+]([O-])CC2c1ccc(C(C)C)cc1. The summed E-state index contributed by atoms with van der Waals surface area (Å²) in [6, 6.07) is 8.76. The number of carbonyl (C=O) groups is 1. The van der Waals surface area contributed by atoms with E-state index in [0.717, 1.165) is 39.3 Å². The predicted molar refractivity (Wildman–Crippen MR) is 132 cm³/mol. The summed E-state index contributed by atoms with van der Waals surface area (Å²) < 4.78 is 13.3. The third kappa shape index (κ3) is 4.85. The maximum absolute atomic E-state index is 13.3. The molecular weight excluding hydrogens is 402 g/mol. The van der Waals surface area contributed by atoms with E-state index in [-0.39, 0.29) is 17.2 Å². The van der Waals surface area contributed by atoms with Gasteiger partial charge in [-0.2, -0.15) is 0 Å². The van der Waals surface area contributed by atoms with Gasteiger partial charge in [0.1, 0.15) is 5.75 Å². The first-order valence-electron chi connectivity index (χ1n) is 11.4. The Morgan fingerprint density at radius 1 is 1.16 bits per heavy atom. The molecule has 2 unspecified atom stereocenters. The molecule has 0 saturated heterocycles. The lowest BCUT2D eigenvalue weighted by molar-refractivity contribution is -0.117. The van der Waals surface area contributed by atoms with Crippen LogP contribution in [0.4, 0.5) is 5.69 Å². The normalized spacial score (nSPS) is 18.4. The van der Waals surface area contributed by atoms with E-state index in [0.29, 0.717) is 18.1 Å². The summed E-state index contributed by atoms with van der Waals surface area (Å²) in [5.74, 6) is 1.24. The van der Waals surface area contributed by atoms with Crippen molar-refractivity contribution in [3.05, 3.63) is 57.6 Å². The standard InChI is InChI=1S/C27H37NO2S/c1-9-21-17(4)25(28-23(29)14-27(6,7)8)18(5)24-22(15-31(30)26(21)24)20-12-10-19(11-13-20)16(2)3/h10-13,16,22H,9,14-15H2,1-8H3,(H,28,29). The fourth-order valence-electron chi connectivity index (χ4n) is 4.72. The number of amides is 1. The third-order valence-electron chi connectivity index (χ3n) is 6.33. The van der Waals surface area contributed by atoms with E-state index in [9.17, 15) is 9.35 Å². The molecule has 168 valence electrons. The molecule has 0 bridgehead atoms. The summed E-state index contributed by atoms with van der Waals surface area (Å²) in [7, 11) is 0. The summed E-state index contributed by atoms with van der Waals surface area (Å²) in [6.07, 6.45) is 1.28. The number of hydrogen-bond donors (Lipinski definition) is 1. The minimum Gasteiger partial charge on any atom is -0.611 e. The number of nitrogens with one attached hydrogen (secondary N) is 1. The van der Waals surface area contributed by atoms with Gasteiger partial charge >= 0.3 is 0 Å². The summed E-state index contributed by atoms with van der Waals surface area (Å²) in [6.45, 7) is 16.9. The van der Waals surface area contributed by atoms with Gasteiger partial charge in [0, 0.05) is 23.2 Å². The molecule has 31 heavy (non-hydrogen) atoms. The number of hydrogen-bond acceptors (Lipinski definition) is 2. The second-order valence-corrected chi connectivity index (χ2v) is 11.8. The van der Waals surface area contributed by atoms with Crippen molar-refractivity contribution in [3.63, 3.8) is 0 Å². The number of anilines is 1.